The fourth-order valence-electron chi connectivity index (χ4n) is 3.29. The number of carbonyl (C=O) groups excluding carboxylic acids is 1. The van der Waals surface area contributed by atoms with Gasteiger partial charge >= 0.3 is 0 Å². The van der Waals surface area contributed by atoms with Gasteiger partial charge in [-0.1, -0.05) is 12.1 Å². The number of hydrogen-bond donors (Lipinski definition) is 2. The second-order valence-corrected chi connectivity index (χ2v) is 6.32. The van der Waals surface area contributed by atoms with Crippen molar-refractivity contribution in [1.29, 1.82) is 0 Å². The molecule has 25 heavy (non-hydrogen) atoms. The summed E-state index contributed by atoms with van der Waals surface area (Å²) in [5, 5.41) is 12.7. The molecule has 2 N–H and O–H groups in total. The Balaban J connectivity index is 1.64. The highest BCUT2D eigenvalue weighted by Crippen LogP contribution is 2.37. The molecule has 1 fully saturated rings. The van der Waals surface area contributed by atoms with Gasteiger partial charge in [-0.2, -0.15) is 0 Å². The minimum Gasteiger partial charge on any atom is -0.393 e. The number of rotatable bonds is 4. The van der Waals surface area contributed by atoms with E-state index in [1.807, 2.05) is 24.3 Å². The van der Waals surface area contributed by atoms with Gasteiger partial charge in [-0.05, 0) is 43.0 Å². The molecule has 2 heterocycles. The molecular weight excluding hydrogens is 316 g/mol. The molecule has 1 amide bonds. The van der Waals surface area contributed by atoms with Crippen molar-refractivity contribution in [1.82, 2.24) is 20.3 Å². The first kappa shape index (κ1) is 15.7. The Morgan fingerprint density at radius 3 is 2.64 bits per heavy atom. The van der Waals surface area contributed by atoms with Crippen molar-refractivity contribution in [3.05, 3.63) is 66.2 Å². The first-order chi connectivity index (χ1) is 12.2. The Morgan fingerprint density at radius 1 is 1.04 bits per heavy atom. The Bertz CT molecular complexity index is 889. The van der Waals surface area contributed by atoms with Crippen LogP contribution < -0.4 is 5.32 Å². The summed E-state index contributed by atoms with van der Waals surface area (Å²) in [5.74, 6) is -0.0296. The van der Waals surface area contributed by atoms with Gasteiger partial charge in [0.25, 0.3) is 5.91 Å². The van der Waals surface area contributed by atoms with E-state index in [9.17, 15) is 9.90 Å². The van der Waals surface area contributed by atoms with Gasteiger partial charge in [0.1, 0.15) is 5.52 Å². The summed E-state index contributed by atoms with van der Waals surface area (Å²) in [7, 11) is 0. The van der Waals surface area contributed by atoms with Gasteiger partial charge in [0, 0.05) is 18.6 Å². The Morgan fingerprint density at radius 2 is 1.88 bits per heavy atom. The van der Waals surface area contributed by atoms with Crippen LogP contribution in [0.2, 0.25) is 0 Å². The highest BCUT2D eigenvalue weighted by molar-refractivity contribution is 6.04. The molecule has 0 saturated heterocycles. The van der Waals surface area contributed by atoms with Crippen molar-refractivity contribution >= 4 is 16.9 Å². The lowest BCUT2D eigenvalue weighted by molar-refractivity contribution is 0.0228. The monoisotopic (exact) mass is 334 g/mol. The second kappa shape index (κ2) is 6.57. The average molecular weight is 334 g/mol. The highest BCUT2D eigenvalue weighted by Gasteiger charge is 2.36. The molecule has 1 aliphatic carbocycles. The summed E-state index contributed by atoms with van der Waals surface area (Å²) in [4.78, 5) is 25.8. The summed E-state index contributed by atoms with van der Waals surface area (Å²) in [6, 6.07) is 10.8. The molecule has 2 aromatic heterocycles. The van der Waals surface area contributed by atoms with Crippen LogP contribution in [-0.4, -0.2) is 32.1 Å². The fourth-order valence-corrected chi connectivity index (χ4v) is 3.29. The SMILES string of the molecule is O=C(N[C@H](c1ccccn1)C1CC(O)C1)c1cccc2nccnc12. The number of nitrogens with one attached hydrogen (secondary N) is 1. The number of amides is 1. The number of hydrogen-bond acceptors (Lipinski definition) is 5. The van der Waals surface area contributed by atoms with E-state index < -0.39 is 0 Å². The largest absolute Gasteiger partial charge is 0.393 e. The molecule has 0 unspecified atom stereocenters. The van der Waals surface area contributed by atoms with Gasteiger partial charge in [0.2, 0.25) is 0 Å². The normalized spacial score (nSPS) is 20.7. The maximum absolute atomic E-state index is 12.9. The number of para-hydroxylation sites is 1. The third-order valence-electron chi connectivity index (χ3n) is 4.66. The van der Waals surface area contributed by atoms with Crippen LogP contribution >= 0.6 is 0 Å². The molecule has 4 rings (SSSR count). The molecule has 126 valence electrons. The molecular formula is C19H18N4O2. The van der Waals surface area contributed by atoms with E-state index in [2.05, 4.69) is 20.3 Å². The van der Waals surface area contributed by atoms with E-state index in [1.54, 1.807) is 30.7 Å². The van der Waals surface area contributed by atoms with E-state index in [0.29, 0.717) is 29.4 Å². The number of aromatic nitrogens is 3. The number of nitrogens with zero attached hydrogens (tertiary/aromatic N) is 3. The third-order valence-corrected chi connectivity index (χ3v) is 4.66. The van der Waals surface area contributed by atoms with Crippen LogP contribution in [0.15, 0.2) is 55.0 Å². The predicted molar refractivity (Wildman–Crippen MR) is 92.7 cm³/mol. The van der Waals surface area contributed by atoms with E-state index in [1.165, 1.54) is 0 Å². The molecule has 0 spiro atoms. The van der Waals surface area contributed by atoms with Gasteiger partial charge in [0.15, 0.2) is 0 Å². The number of aliphatic hydroxyl groups is 1. The van der Waals surface area contributed by atoms with Crippen molar-refractivity contribution in [2.24, 2.45) is 5.92 Å². The summed E-state index contributed by atoms with van der Waals surface area (Å²) in [5.41, 5.74) is 2.56. The summed E-state index contributed by atoms with van der Waals surface area (Å²) in [6.07, 6.45) is 5.94. The number of carbonyl (C=O) groups is 1. The van der Waals surface area contributed by atoms with Crippen molar-refractivity contribution in [2.45, 2.75) is 25.0 Å². The van der Waals surface area contributed by atoms with Crippen molar-refractivity contribution in [2.75, 3.05) is 0 Å². The quantitative estimate of drug-likeness (QED) is 0.764. The van der Waals surface area contributed by atoms with Gasteiger partial charge in [-0.3, -0.25) is 19.7 Å². The molecule has 6 heteroatoms. The molecule has 3 aromatic rings. The van der Waals surface area contributed by atoms with E-state index in [-0.39, 0.29) is 24.0 Å². The van der Waals surface area contributed by atoms with Gasteiger partial charge in [-0.25, -0.2) is 0 Å². The Kier molecular flexibility index (Phi) is 4.11. The minimum atomic E-state index is -0.295. The highest BCUT2D eigenvalue weighted by atomic mass is 16.3. The minimum absolute atomic E-state index is 0.176. The number of aliphatic hydroxyl groups excluding tert-OH is 1. The average Bonchev–Trinajstić information content (AvgIpc) is 2.64. The first-order valence-electron chi connectivity index (χ1n) is 8.32. The van der Waals surface area contributed by atoms with Crippen LogP contribution in [0.1, 0.15) is 34.9 Å². The molecule has 0 bridgehead atoms. The van der Waals surface area contributed by atoms with Crippen LogP contribution in [0.25, 0.3) is 11.0 Å². The van der Waals surface area contributed by atoms with Crippen molar-refractivity contribution < 1.29 is 9.90 Å². The lowest BCUT2D eigenvalue weighted by atomic mass is 9.76. The maximum atomic E-state index is 12.9. The molecule has 1 atom stereocenters. The van der Waals surface area contributed by atoms with Crippen LogP contribution in [0.3, 0.4) is 0 Å². The molecule has 1 saturated carbocycles. The number of benzene rings is 1. The standard InChI is InChI=1S/C19H18N4O2/c24-13-10-12(11-13)17(15-5-1-2-7-20-15)23-19(25)14-4-3-6-16-18(14)22-9-8-21-16/h1-9,12-13,17,24H,10-11H2,(H,23,25)/t12?,13?,17-/m0/s1. The molecule has 1 aromatic carbocycles. The predicted octanol–water partition coefficient (Wildman–Crippen LogP) is 2.27. The van der Waals surface area contributed by atoms with Crippen LogP contribution in [-0.2, 0) is 0 Å². The van der Waals surface area contributed by atoms with Crippen molar-refractivity contribution in [3.8, 4) is 0 Å². The lowest BCUT2D eigenvalue weighted by Crippen LogP contribution is -2.41. The first-order valence-corrected chi connectivity index (χ1v) is 8.32. The van der Waals surface area contributed by atoms with E-state index >= 15 is 0 Å². The molecule has 0 aliphatic heterocycles. The van der Waals surface area contributed by atoms with Gasteiger partial charge in [0.05, 0.1) is 28.9 Å². The number of fused-ring (bicyclic) bond motifs is 1. The second-order valence-electron chi connectivity index (χ2n) is 6.32. The Hall–Kier alpha value is -2.86. The smallest absolute Gasteiger partial charge is 0.254 e. The van der Waals surface area contributed by atoms with Crippen LogP contribution in [0, 0.1) is 5.92 Å². The summed E-state index contributed by atoms with van der Waals surface area (Å²) < 4.78 is 0. The van der Waals surface area contributed by atoms with Gasteiger partial charge in [-0.15, -0.1) is 0 Å². The summed E-state index contributed by atoms with van der Waals surface area (Å²) >= 11 is 0. The fraction of sp³-hybridized carbons (Fsp3) is 0.263. The van der Waals surface area contributed by atoms with E-state index in [0.717, 1.165) is 5.69 Å². The lowest BCUT2D eigenvalue weighted by Gasteiger charge is -2.37. The van der Waals surface area contributed by atoms with Crippen LogP contribution in [0.5, 0.6) is 0 Å². The molecule has 6 nitrogen and oxygen atoms in total. The Labute approximate surface area is 145 Å². The van der Waals surface area contributed by atoms with E-state index in [4.69, 9.17) is 0 Å². The third kappa shape index (κ3) is 3.08. The molecule has 1 aliphatic rings. The summed E-state index contributed by atoms with van der Waals surface area (Å²) in [6.45, 7) is 0. The van der Waals surface area contributed by atoms with Crippen LogP contribution in [0.4, 0.5) is 0 Å². The van der Waals surface area contributed by atoms with Gasteiger partial charge < -0.3 is 10.4 Å². The molecule has 0 radical (unpaired) electrons. The topological polar surface area (TPSA) is 88.0 Å². The maximum Gasteiger partial charge on any atom is 0.254 e. The zero-order chi connectivity index (χ0) is 17.2. The zero-order valence-electron chi connectivity index (χ0n) is 13.5. The van der Waals surface area contributed by atoms with Crippen molar-refractivity contribution in [3.63, 3.8) is 0 Å². The number of pyridine rings is 1. The zero-order valence-corrected chi connectivity index (χ0v) is 13.5.